The number of phenols is 1. The fourth-order valence-corrected chi connectivity index (χ4v) is 11.9. The van der Waals surface area contributed by atoms with Gasteiger partial charge < -0.3 is 62.7 Å². The third-order valence-electron chi connectivity index (χ3n) is 12.8. The predicted octanol–water partition coefficient (Wildman–Crippen LogP) is 4.77. The van der Waals surface area contributed by atoms with Crippen LogP contribution in [0.3, 0.4) is 0 Å². The minimum Gasteiger partial charge on any atom is -0.507 e. The van der Waals surface area contributed by atoms with Crippen LogP contribution in [0.2, 0.25) is 0 Å². The molecule has 0 saturated carbocycles. The Bertz CT molecular complexity index is 2340. The maximum Gasteiger partial charge on any atom is 0.335 e. The molecule has 0 aliphatic carbocycles. The van der Waals surface area contributed by atoms with Gasteiger partial charge in [0.1, 0.15) is 5.75 Å². The number of aliphatic hydroxyl groups excluding tert-OH is 1. The van der Waals surface area contributed by atoms with Gasteiger partial charge in [-0.05, 0) is 112 Å². The number of unbranched alkanes of at least 4 members (excludes halogenated alkanes) is 4. The second kappa shape index (κ2) is 33.2. The molecule has 7 amide bonds. The van der Waals surface area contributed by atoms with Crippen LogP contribution in [0.25, 0.3) is 10.4 Å². The van der Waals surface area contributed by atoms with Crippen LogP contribution in [0, 0.1) is 0 Å². The van der Waals surface area contributed by atoms with Gasteiger partial charge in [-0.25, -0.2) is 9.59 Å². The summed E-state index contributed by atoms with van der Waals surface area (Å²) in [4.78, 5) is 98.0. The maximum absolute atomic E-state index is 12.9. The maximum atomic E-state index is 12.9. The van der Waals surface area contributed by atoms with Crippen molar-refractivity contribution in [3.05, 3.63) is 69.1 Å². The molecule has 2 aromatic rings. The minimum absolute atomic E-state index is 0.0203. The number of nitrogens with one attached hydrogen (secondary N) is 8. The Morgan fingerprint density at radius 3 is 2.03 bits per heavy atom. The van der Waals surface area contributed by atoms with Crippen LogP contribution in [-0.2, 0) is 30.2 Å². The summed E-state index contributed by atoms with van der Waals surface area (Å²) in [6, 6.07) is 9.03. The Balaban J connectivity index is 0.968. The summed E-state index contributed by atoms with van der Waals surface area (Å²) in [5, 5.41) is 57.3. The summed E-state index contributed by atoms with van der Waals surface area (Å²) in [7, 11) is -3.66. The number of hydrogen-bond donors (Lipinski definition) is 12. The SMILES string of the molecule is C[C@@H](NC[C@H](O)CP(=O)(O)CCCCCNC(=O)c1cc(N=[N+]=[N-])c(CCCCNC(=O)CCCNC(=O)CCCNC(=O)CCCNC(=O)CCCC[C@@H]2SC[C@H]3NC(=O)N[C@H]23)cc1O)c1cccc(C(=O)O)c1. The van der Waals surface area contributed by atoms with Gasteiger partial charge in [-0.15, -0.1) is 0 Å². The van der Waals surface area contributed by atoms with E-state index in [4.69, 9.17) is 5.53 Å². The lowest BCUT2D eigenvalue weighted by Crippen LogP contribution is -2.36. The van der Waals surface area contributed by atoms with Gasteiger partial charge in [0.15, 0.2) is 0 Å². The molecular formula is C50H76N11O12PS. The molecule has 2 heterocycles. The van der Waals surface area contributed by atoms with Gasteiger partial charge in [0.2, 0.25) is 31.0 Å². The second-order valence-corrected chi connectivity index (χ2v) is 22.8. The Morgan fingerprint density at radius 2 is 1.40 bits per heavy atom. The van der Waals surface area contributed by atoms with Crippen molar-refractivity contribution in [3.8, 4) is 5.75 Å². The van der Waals surface area contributed by atoms with Crippen molar-refractivity contribution in [2.24, 2.45) is 5.11 Å². The number of thioether (sulfide) groups is 1. The molecule has 2 aliphatic rings. The molecule has 2 aromatic carbocycles. The van der Waals surface area contributed by atoms with Crippen molar-refractivity contribution in [3.63, 3.8) is 0 Å². The number of aryl methyl sites for hydroxylation is 1. The topological polar surface area (TPSA) is 362 Å². The minimum atomic E-state index is -3.66. The third kappa shape index (κ3) is 23.7. The fourth-order valence-electron chi connectivity index (χ4n) is 8.68. The zero-order chi connectivity index (χ0) is 54.6. The average molecular weight is 1090 g/mol. The Kier molecular flexibility index (Phi) is 27.3. The second-order valence-electron chi connectivity index (χ2n) is 19.0. The molecule has 2 fully saturated rings. The van der Waals surface area contributed by atoms with Crippen molar-refractivity contribution < 1.29 is 58.3 Å². The highest BCUT2D eigenvalue weighted by Crippen LogP contribution is 2.42. The number of benzene rings is 2. The summed E-state index contributed by atoms with van der Waals surface area (Å²) in [5.41, 5.74) is 10.6. The highest BCUT2D eigenvalue weighted by atomic mass is 32.2. The molecule has 0 spiro atoms. The molecule has 0 bridgehead atoms. The Hall–Kier alpha value is -5.90. The van der Waals surface area contributed by atoms with Crippen molar-refractivity contribution >= 4 is 66.4 Å². The van der Waals surface area contributed by atoms with E-state index >= 15 is 0 Å². The van der Waals surface area contributed by atoms with Gasteiger partial charge in [0.05, 0.1) is 35.5 Å². The van der Waals surface area contributed by atoms with Crippen LogP contribution < -0.4 is 42.5 Å². The van der Waals surface area contributed by atoms with Gasteiger partial charge in [0.25, 0.3) is 5.91 Å². The quantitative estimate of drug-likeness (QED) is 0.0108. The normalized spacial score (nSPS) is 17.2. The van der Waals surface area contributed by atoms with Crippen LogP contribution in [0.5, 0.6) is 5.75 Å². The number of amides is 7. The predicted molar refractivity (Wildman–Crippen MR) is 285 cm³/mol. The number of aliphatic hydroxyl groups is 1. The first-order valence-corrected chi connectivity index (χ1v) is 29.0. The number of urea groups is 1. The highest BCUT2D eigenvalue weighted by molar-refractivity contribution is 8.00. The van der Waals surface area contributed by atoms with Crippen LogP contribution in [0.4, 0.5) is 10.5 Å². The summed E-state index contributed by atoms with van der Waals surface area (Å²) in [6.45, 7) is 3.49. The standard InChI is InChI=1S/C50H76N11O12PS/c1-33(34-14-9-15-36(27-34)49(69)70)57-30-37(62)31-74(72,73)26-8-2-6-22-56-48(68)38-29-39(60-61-51)35(28-41(38)63)13-5-7-21-52-44(65)18-10-24-54-46(67)20-12-25-55-45(66)19-11-23-53-43(64)17-4-3-16-42-47-40(32-75-42)58-50(71)59-47/h9,14-15,27-29,33,37,40,42,47,57,62-63H,2-8,10-13,16-26,30-32H2,1H3,(H,52,65)(H,53,64)(H,54,67)(H,55,66)(H,56,68)(H,69,70)(H,72,73)(H2,58,59,71)/t33-,37+,40-,42+,47+/m1/s1. The zero-order valence-electron chi connectivity index (χ0n) is 42.8. The molecule has 25 heteroatoms. The highest BCUT2D eigenvalue weighted by Gasteiger charge is 2.42. The molecule has 23 nitrogen and oxygen atoms in total. The van der Waals surface area contributed by atoms with Crippen molar-refractivity contribution in [2.45, 2.75) is 139 Å². The van der Waals surface area contributed by atoms with Gasteiger partial charge in [0, 0.05) is 98.8 Å². The van der Waals surface area contributed by atoms with E-state index in [-0.39, 0.29) is 115 Å². The first-order chi connectivity index (χ1) is 35.9. The number of fused-ring (bicyclic) bond motifs is 1. The molecule has 1 unspecified atom stereocenters. The van der Waals surface area contributed by atoms with Crippen LogP contribution in [-0.4, -0.2) is 143 Å². The number of carbonyl (C=O) groups excluding carboxylic acids is 6. The molecule has 2 saturated heterocycles. The van der Waals surface area contributed by atoms with Crippen molar-refractivity contribution in [1.82, 2.24) is 42.5 Å². The van der Waals surface area contributed by atoms with Crippen molar-refractivity contribution in [2.75, 3.05) is 57.3 Å². The molecule has 12 N–H and O–H groups in total. The Labute approximate surface area is 442 Å². The van der Waals surface area contributed by atoms with Gasteiger partial charge in [-0.1, -0.05) is 30.1 Å². The number of phenolic OH excluding ortho intramolecular Hbond substituents is 1. The summed E-state index contributed by atoms with van der Waals surface area (Å²) >= 11 is 1.86. The number of hydrogen-bond acceptors (Lipinski definition) is 13. The number of carboxylic acid groups (broad SMARTS) is 1. The largest absolute Gasteiger partial charge is 0.507 e. The van der Waals surface area contributed by atoms with Crippen LogP contribution in [0.15, 0.2) is 41.5 Å². The van der Waals surface area contributed by atoms with E-state index in [9.17, 15) is 58.3 Å². The number of carbonyl (C=O) groups is 7. The van der Waals surface area contributed by atoms with Gasteiger partial charge >= 0.3 is 12.0 Å². The molecule has 0 radical (unpaired) electrons. The van der Waals surface area contributed by atoms with E-state index in [1.54, 1.807) is 19.1 Å². The lowest BCUT2D eigenvalue weighted by atomic mass is 10.0. The first kappa shape index (κ1) is 61.6. The summed E-state index contributed by atoms with van der Waals surface area (Å²) in [6.07, 6.45) is 6.61. The van der Waals surface area contributed by atoms with E-state index < -0.39 is 25.3 Å². The van der Waals surface area contributed by atoms with E-state index in [2.05, 4.69) is 52.6 Å². The van der Waals surface area contributed by atoms with Gasteiger partial charge in [-0.3, -0.25) is 28.5 Å². The number of aromatic carboxylic acids is 1. The van der Waals surface area contributed by atoms with E-state index in [0.717, 1.165) is 25.0 Å². The molecule has 6 atom stereocenters. The van der Waals surface area contributed by atoms with E-state index in [1.165, 1.54) is 24.3 Å². The zero-order valence-corrected chi connectivity index (χ0v) is 44.5. The molecule has 0 aromatic heterocycles. The number of rotatable bonds is 37. The monoisotopic (exact) mass is 1090 g/mol. The number of carboxylic acids is 1. The smallest absolute Gasteiger partial charge is 0.335 e. The lowest BCUT2D eigenvalue weighted by Gasteiger charge is -2.20. The van der Waals surface area contributed by atoms with Crippen LogP contribution >= 0.6 is 19.1 Å². The van der Waals surface area contributed by atoms with E-state index in [1.807, 2.05) is 11.8 Å². The first-order valence-electron chi connectivity index (χ1n) is 25.9. The van der Waals surface area contributed by atoms with Crippen molar-refractivity contribution in [1.29, 1.82) is 0 Å². The molecule has 2 aliphatic heterocycles. The summed E-state index contributed by atoms with van der Waals surface area (Å²) < 4.78 is 12.8. The molecule has 414 valence electrons. The van der Waals surface area contributed by atoms with E-state index in [0.29, 0.717) is 107 Å². The summed E-state index contributed by atoms with van der Waals surface area (Å²) in [5.74, 6) is -1.58. The number of aromatic hydroxyl groups is 1. The number of azide groups is 1. The Morgan fingerprint density at radius 1 is 0.800 bits per heavy atom. The average Bonchev–Trinajstić information content (AvgIpc) is 3.93. The number of nitrogens with zero attached hydrogens (tertiary/aromatic N) is 3. The van der Waals surface area contributed by atoms with Gasteiger partial charge in [-0.2, -0.15) is 11.8 Å². The molecule has 75 heavy (non-hydrogen) atoms. The lowest BCUT2D eigenvalue weighted by molar-refractivity contribution is -0.123. The molecule has 4 rings (SSSR count). The third-order valence-corrected chi connectivity index (χ3v) is 16.4. The fraction of sp³-hybridized carbons (Fsp3) is 0.620. The molecular weight excluding hydrogens is 1010 g/mol. The van der Waals surface area contributed by atoms with Crippen LogP contribution in [0.1, 0.15) is 141 Å².